The monoisotopic (exact) mass is 485 g/mol. The van der Waals surface area contributed by atoms with Crippen molar-refractivity contribution in [3.05, 3.63) is 45.3 Å². The van der Waals surface area contributed by atoms with Crippen molar-refractivity contribution in [2.45, 2.75) is 54.0 Å². The molecule has 3 aromatic heterocycles. The molecule has 0 bridgehead atoms. The Labute approximate surface area is 200 Å². The molecule has 0 aromatic carbocycles. The Morgan fingerprint density at radius 1 is 1.19 bits per heavy atom. The van der Waals surface area contributed by atoms with Crippen LogP contribution in [0.25, 0.3) is 0 Å². The molecule has 10 heteroatoms. The van der Waals surface area contributed by atoms with Crippen LogP contribution in [0.3, 0.4) is 0 Å². The van der Waals surface area contributed by atoms with Gasteiger partial charge in [-0.3, -0.25) is 4.98 Å². The minimum Gasteiger partial charge on any atom is -0.381 e. The minimum atomic E-state index is 0.0905. The van der Waals surface area contributed by atoms with Crippen molar-refractivity contribution in [1.29, 1.82) is 0 Å². The molecule has 166 valence electrons. The molecule has 2 aliphatic carbocycles. The van der Waals surface area contributed by atoms with Crippen LogP contribution in [-0.4, -0.2) is 33.0 Å². The highest BCUT2D eigenvalue weighted by Crippen LogP contribution is 2.52. The largest absolute Gasteiger partial charge is 0.381 e. The topological polar surface area (TPSA) is 107 Å². The summed E-state index contributed by atoms with van der Waals surface area (Å²) in [6, 6.07) is 2.00. The van der Waals surface area contributed by atoms with Gasteiger partial charge in [-0.1, -0.05) is 23.4 Å². The van der Waals surface area contributed by atoms with Crippen molar-refractivity contribution < 1.29 is 0 Å². The van der Waals surface area contributed by atoms with E-state index in [4.69, 9.17) is 23.1 Å². The number of rotatable bonds is 4. The molecule has 32 heavy (non-hydrogen) atoms. The standard InChI is InChI=1S/C22H24ClN7S2/c23-16-14(3-6-26-17(16)12-1-2-12)32-21-20(25)29-15(10-27-21)30-7-4-22(5-8-30)9-13-18(19(22)24)31-11-28-13/h3,6,10-12,19H,1-2,4-5,7-9,24H2,(H2,25,29). The maximum absolute atomic E-state index is 6.63. The van der Waals surface area contributed by atoms with E-state index in [1.54, 1.807) is 11.3 Å². The number of thiazole rings is 1. The summed E-state index contributed by atoms with van der Waals surface area (Å²) in [6.45, 7) is 1.79. The number of nitrogen functional groups attached to an aromatic ring is 1. The zero-order valence-electron chi connectivity index (χ0n) is 17.5. The maximum atomic E-state index is 6.63. The Morgan fingerprint density at radius 3 is 2.72 bits per heavy atom. The second-order valence-corrected chi connectivity index (χ2v) is 11.3. The van der Waals surface area contributed by atoms with E-state index in [2.05, 4.69) is 24.8 Å². The first-order valence-corrected chi connectivity index (χ1v) is 13.0. The zero-order chi connectivity index (χ0) is 21.9. The SMILES string of the molecule is Nc1nc(N2CCC3(CC2)Cc2ncsc2C3N)cnc1Sc1ccnc(C2CC2)c1Cl. The molecule has 3 aliphatic rings. The minimum absolute atomic E-state index is 0.0905. The smallest absolute Gasteiger partial charge is 0.158 e. The third-order valence-corrected chi connectivity index (χ3v) is 9.55. The van der Waals surface area contributed by atoms with Gasteiger partial charge in [-0.25, -0.2) is 15.0 Å². The summed E-state index contributed by atoms with van der Waals surface area (Å²) in [6.07, 6.45) is 8.97. The molecule has 3 aromatic rings. The molecular weight excluding hydrogens is 462 g/mol. The van der Waals surface area contributed by atoms with Gasteiger partial charge in [-0.15, -0.1) is 11.3 Å². The lowest BCUT2D eigenvalue weighted by Crippen LogP contribution is -2.44. The van der Waals surface area contributed by atoms with Crippen LogP contribution in [0.5, 0.6) is 0 Å². The summed E-state index contributed by atoms with van der Waals surface area (Å²) in [4.78, 5) is 22.7. The van der Waals surface area contributed by atoms with Crippen LogP contribution in [0, 0.1) is 5.41 Å². The van der Waals surface area contributed by atoms with Crippen LogP contribution in [0.4, 0.5) is 11.6 Å². The Kier molecular flexibility index (Phi) is 5.05. The predicted molar refractivity (Wildman–Crippen MR) is 128 cm³/mol. The van der Waals surface area contributed by atoms with E-state index in [1.807, 2.05) is 24.0 Å². The number of nitrogens with zero attached hydrogens (tertiary/aromatic N) is 5. The first-order valence-electron chi connectivity index (χ1n) is 10.9. The number of hydrogen-bond acceptors (Lipinski definition) is 9. The summed E-state index contributed by atoms with van der Waals surface area (Å²) in [7, 11) is 0. The summed E-state index contributed by atoms with van der Waals surface area (Å²) >= 11 is 9.75. The average Bonchev–Trinajstić information content (AvgIpc) is 3.49. The molecule has 1 aliphatic heterocycles. The van der Waals surface area contributed by atoms with Crippen LogP contribution in [0.1, 0.15) is 53.9 Å². The first-order chi connectivity index (χ1) is 15.5. The lowest BCUT2D eigenvalue weighted by atomic mass is 9.74. The number of anilines is 2. The van der Waals surface area contributed by atoms with Gasteiger partial charge in [0.1, 0.15) is 10.8 Å². The summed E-state index contributed by atoms with van der Waals surface area (Å²) in [5.74, 6) is 1.74. The average molecular weight is 486 g/mol. The molecule has 1 unspecified atom stereocenters. The van der Waals surface area contributed by atoms with Crippen LogP contribution in [0.15, 0.2) is 33.9 Å². The fourth-order valence-electron chi connectivity index (χ4n) is 4.93. The summed E-state index contributed by atoms with van der Waals surface area (Å²) in [5, 5.41) is 1.38. The van der Waals surface area contributed by atoms with Crippen molar-refractivity contribution in [3.8, 4) is 0 Å². The van der Waals surface area contributed by atoms with E-state index in [0.29, 0.717) is 21.8 Å². The van der Waals surface area contributed by atoms with Gasteiger partial charge in [0.05, 0.1) is 28.1 Å². The van der Waals surface area contributed by atoms with E-state index >= 15 is 0 Å². The van der Waals surface area contributed by atoms with Gasteiger partial charge in [0.15, 0.2) is 5.82 Å². The molecule has 4 heterocycles. The fraction of sp³-hybridized carbons (Fsp3) is 0.455. The van der Waals surface area contributed by atoms with Crippen LogP contribution >= 0.6 is 34.7 Å². The van der Waals surface area contributed by atoms with Gasteiger partial charge < -0.3 is 16.4 Å². The Hall–Kier alpha value is -1.94. The van der Waals surface area contributed by atoms with Gasteiger partial charge >= 0.3 is 0 Å². The van der Waals surface area contributed by atoms with Crippen LogP contribution in [0.2, 0.25) is 5.02 Å². The molecular formula is C22H24ClN7S2. The molecule has 6 rings (SSSR count). The lowest BCUT2D eigenvalue weighted by molar-refractivity contribution is 0.187. The molecule has 2 fully saturated rings. The fourth-order valence-corrected chi connectivity index (χ4v) is 7.05. The highest BCUT2D eigenvalue weighted by molar-refractivity contribution is 7.99. The molecule has 0 radical (unpaired) electrons. The molecule has 1 atom stereocenters. The van der Waals surface area contributed by atoms with Crippen molar-refractivity contribution in [2.24, 2.45) is 11.1 Å². The number of piperidine rings is 1. The van der Waals surface area contributed by atoms with Crippen molar-refractivity contribution in [2.75, 3.05) is 23.7 Å². The lowest BCUT2D eigenvalue weighted by Gasteiger charge is -2.42. The van der Waals surface area contributed by atoms with E-state index in [0.717, 1.165) is 61.6 Å². The molecule has 7 nitrogen and oxygen atoms in total. The van der Waals surface area contributed by atoms with Crippen LogP contribution < -0.4 is 16.4 Å². The van der Waals surface area contributed by atoms with E-state index in [1.165, 1.54) is 22.3 Å². The Balaban J connectivity index is 1.16. The molecule has 0 amide bonds. The predicted octanol–water partition coefficient (Wildman–Crippen LogP) is 4.44. The first kappa shape index (κ1) is 20.7. The summed E-state index contributed by atoms with van der Waals surface area (Å²) < 4.78 is 0. The molecule has 1 spiro atoms. The normalized spacial score (nSPS) is 21.8. The van der Waals surface area contributed by atoms with Crippen molar-refractivity contribution in [1.82, 2.24) is 19.9 Å². The van der Waals surface area contributed by atoms with Gasteiger partial charge in [-0.2, -0.15) is 0 Å². The van der Waals surface area contributed by atoms with Crippen LogP contribution in [-0.2, 0) is 6.42 Å². The van der Waals surface area contributed by atoms with Gasteiger partial charge in [0.25, 0.3) is 0 Å². The highest BCUT2D eigenvalue weighted by atomic mass is 35.5. The van der Waals surface area contributed by atoms with Gasteiger partial charge in [-0.05, 0) is 43.6 Å². The highest BCUT2D eigenvalue weighted by Gasteiger charge is 2.47. The second kappa shape index (κ2) is 7.83. The quantitative estimate of drug-likeness (QED) is 0.558. The van der Waals surface area contributed by atoms with E-state index < -0.39 is 0 Å². The zero-order valence-corrected chi connectivity index (χ0v) is 19.9. The van der Waals surface area contributed by atoms with E-state index in [9.17, 15) is 0 Å². The Bertz CT molecular complexity index is 1170. The third-order valence-electron chi connectivity index (χ3n) is 7.02. The summed E-state index contributed by atoms with van der Waals surface area (Å²) in [5.41, 5.74) is 17.2. The molecule has 1 saturated heterocycles. The molecule has 1 saturated carbocycles. The maximum Gasteiger partial charge on any atom is 0.158 e. The number of pyridine rings is 1. The number of nitrogens with two attached hydrogens (primary N) is 2. The number of fused-ring (bicyclic) bond motifs is 1. The molecule has 4 N–H and O–H groups in total. The van der Waals surface area contributed by atoms with Gasteiger partial charge in [0, 0.05) is 41.0 Å². The second-order valence-electron chi connectivity index (χ2n) is 8.97. The van der Waals surface area contributed by atoms with Gasteiger partial charge in [0.2, 0.25) is 0 Å². The Morgan fingerprint density at radius 2 is 2.00 bits per heavy atom. The third kappa shape index (κ3) is 3.46. The number of hydrogen-bond donors (Lipinski definition) is 2. The van der Waals surface area contributed by atoms with E-state index in [-0.39, 0.29) is 11.5 Å². The van der Waals surface area contributed by atoms with Crippen molar-refractivity contribution in [3.63, 3.8) is 0 Å². The van der Waals surface area contributed by atoms with Crippen molar-refractivity contribution >= 4 is 46.3 Å². The number of aromatic nitrogens is 4. The number of halogens is 1.